The topological polar surface area (TPSA) is 131 Å². The summed E-state index contributed by atoms with van der Waals surface area (Å²) >= 11 is 0. The van der Waals surface area contributed by atoms with Crippen molar-refractivity contribution >= 4 is 17.4 Å². The van der Waals surface area contributed by atoms with Crippen molar-refractivity contribution in [1.82, 2.24) is 10.2 Å². The molecule has 188 valence electrons. The van der Waals surface area contributed by atoms with Gasteiger partial charge in [-0.3, -0.25) is 19.7 Å². The Balaban J connectivity index is 1.93. The molecule has 2 aliphatic heterocycles. The first-order chi connectivity index (χ1) is 16.5. The average Bonchev–Trinajstić information content (AvgIpc) is 2.78. The van der Waals surface area contributed by atoms with Gasteiger partial charge < -0.3 is 24.8 Å². The summed E-state index contributed by atoms with van der Waals surface area (Å²) in [5.74, 6) is -1.83. The number of morpholine rings is 1. The average molecular weight is 486 g/mol. The van der Waals surface area contributed by atoms with E-state index in [-0.39, 0.29) is 29.5 Å². The summed E-state index contributed by atoms with van der Waals surface area (Å²) in [5.41, 5.74) is 1.68. The minimum atomic E-state index is -0.830. The predicted octanol–water partition coefficient (Wildman–Crippen LogP) is 3.16. The Hall–Kier alpha value is -3.40. The maximum absolute atomic E-state index is 13.8. The van der Waals surface area contributed by atoms with E-state index in [1.807, 2.05) is 13.8 Å². The number of benzene rings is 1. The van der Waals surface area contributed by atoms with Crippen molar-refractivity contribution < 1.29 is 29.1 Å². The van der Waals surface area contributed by atoms with Crippen molar-refractivity contribution in [2.75, 3.05) is 32.9 Å². The van der Waals surface area contributed by atoms with Gasteiger partial charge in [0.1, 0.15) is 0 Å². The van der Waals surface area contributed by atoms with Crippen molar-refractivity contribution in [1.29, 1.82) is 0 Å². The third-order valence-electron chi connectivity index (χ3n) is 6.68. The zero-order valence-corrected chi connectivity index (χ0v) is 20.5. The highest BCUT2D eigenvalue weighted by Crippen LogP contribution is 2.49. The monoisotopic (exact) mass is 485 g/mol. The van der Waals surface area contributed by atoms with E-state index in [0.717, 1.165) is 5.70 Å². The molecule has 1 atom stereocenters. The van der Waals surface area contributed by atoms with E-state index in [4.69, 9.17) is 9.47 Å². The predicted molar refractivity (Wildman–Crippen MR) is 127 cm³/mol. The number of nitro benzene ring substituents is 1. The second-order valence-electron chi connectivity index (χ2n) is 9.91. The Labute approximate surface area is 203 Å². The summed E-state index contributed by atoms with van der Waals surface area (Å²) in [6.45, 7) is 9.34. The number of nitro groups is 1. The van der Waals surface area contributed by atoms with Crippen molar-refractivity contribution in [3.8, 4) is 11.5 Å². The molecule has 10 heteroatoms. The van der Waals surface area contributed by atoms with Crippen LogP contribution in [0.3, 0.4) is 0 Å². The number of Topliss-reactive ketones (excluding diaryl/α,β-unsaturated/α-hetero) is 1. The molecule has 1 aliphatic carbocycles. The number of carbonyl (C=O) groups is 2. The number of allylic oxidation sites excluding steroid dienone is 3. The molecule has 1 saturated heterocycles. The number of dihydropyridines is 1. The van der Waals surface area contributed by atoms with Crippen LogP contribution in [0.1, 0.15) is 52.0 Å². The highest BCUT2D eigenvalue weighted by atomic mass is 16.6. The van der Waals surface area contributed by atoms with Gasteiger partial charge in [-0.25, -0.2) is 0 Å². The molecule has 0 saturated carbocycles. The maximum atomic E-state index is 13.8. The Morgan fingerprint density at radius 2 is 2.00 bits per heavy atom. The van der Waals surface area contributed by atoms with Crippen LogP contribution in [-0.2, 0) is 14.3 Å². The normalized spacial score (nSPS) is 22.0. The molecular formula is C25H31N3O7. The third kappa shape index (κ3) is 4.62. The van der Waals surface area contributed by atoms with Crippen LogP contribution in [0.5, 0.6) is 11.5 Å². The van der Waals surface area contributed by atoms with Gasteiger partial charge in [0.15, 0.2) is 11.5 Å². The number of phenols is 1. The lowest BCUT2D eigenvalue weighted by atomic mass is 9.68. The number of hydrogen-bond donors (Lipinski definition) is 2. The number of amides is 1. The molecule has 0 bridgehead atoms. The van der Waals surface area contributed by atoms with Gasteiger partial charge >= 0.3 is 5.69 Å². The molecule has 2 heterocycles. The molecule has 0 radical (unpaired) electrons. The lowest BCUT2D eigenvalue weighted by molar-refractivity contribution is -0.386. The van der Waals surface area contributed by atoms with E-state index >= 15 is 0 Å². The number of aromatic hydroxyl groups is 1. The quantitative estimate of drug-likeness (QED) is 0.480. The Morgan fingerprint density at radius 3 is 2.63 bits per heavy atom. The summed E-state index contributed by atoms with van der Waals surface area (Å²) in [6.07, 6.45) is 0.889. The molecule has 1 fully saturated rings. The van der Waals surface area contributed by atoms with Gasteiger partial charge in [0.2, 0.25) is 5.75 Å². The van der Waals surface area contributed by atoms with Gasteiger partial charge in [-0.1, -0.05) is 13.8 Å². The molecular weight excluding hydrogens is 454 g/mol. The summed E-state index contributed by atoms with van der Waals surface area (Å²) in [7, 11) is 0. The lowest BCUT2D eigenvalue weighted by Crippen LogP contribution is -2.45. The number of carbonyl (C=O) groups excluding carboxylic acids is 2. The SMILES string of the molecule is CCOc1cc([C@H]2C(C(=O)N3CCOCC3)=C(C)NC3=C2C(=O)CC(C)(C)C3)cc([N+](=O)[O-])c1O. The minimum absolute atomic E-state index is 0.0585. The van der Waals surface area contributed by atoms with Gasteiger partial charge in [0.25, 0.3) is 5.91 Å². The molecule has 2 N–H and O–H groups in total. The maximum Gasteiger partial charge on any atom is 0.314 e. The first-order valence-corrected chi connectivity index (χ1v) is 11.8. The van der Waals surface area contributed by atoms with Gasteiger partial charge in [-0.15, -0.1) is 0 Å². The molecule has 0 aromatic heterocycles. The molecule has 1 aromatic carbocycles. The Kier molecular flexibility index (Phi) is 6.59. The largest absolute Gasteiger partial charge is 0.500 e. The first-order valence-electron chi connectivity index (χ1n) is 11.8. The third-order valence-corrected chi connectivity index (χ3v) is 6.68. The minimum Gasteiger partial charge on any atom is -0.500 e. The molecule has 4 rings (SSSR count). The zero-order chi connectivity index (χ0) is 25.5. The number of phenolic OH excluding ortho intramolecular Hbond substituents is 1. The van der Waals surface area contributed by atoms with Crippen LogP contribution < -0.4 is 10.1 Å². The molecule has 3 aliphatic rings. The second-order valence-corrected chi connectivity index (χ2v) is 9.91. The number of rotatable bonds is 5. The van der Waals surface area contributed by atoms with E-state index in [9.17, 15) is 24.8 Å². The van der Waals surface area contributed by atoms with Crippen LogP contribution in [0.2, 0.25) is 0 Å². The van der Waals surface area contributed by atoms with Gasteiger partial charge in [-0.2, -0.15) is 0 Å². The van der Waals surface area contributed by atoms with Gasteiger partial charge in [-0.05, 0) is 37.3 Å². The fraction of sp³-hybridized carbons (Fsp3) is 0.520. The standard InChI is InChI=1S/C25H31N3O7/c1-5-35-19-11-15(10-17(23(19)30)28(32)33)21-20(24(31)27-6-8-34-9-7-27)14(2)26-16-12-25(3,4)13-18(29)22(16)21/h10-11,21,26,30H,5-9,12-13H2,1-4H3/t21-/m0/s1. The van der Waals surface area contributed by atoms with Gasteiger partial charge in [0, 0.05) is 54.0 Å². The molecule has 0 spiro atoms. The number of nitrogens with zero attached hydrogens (tertiary/aromatic N) is 2. The summed E-state index contributed by atoms with van der Waals surface area (Å²) in [6, 6.07) is 2.74. The van der Waals surface area contributed by atoms with Crippen LogP contribution in [0.25, 0.3) is 0 Å². The van der Waals surface area contributed by atoms with E-state index < -0.39 is 22.3 Å². The van der Waals surface area contributed by atoms with Crippen molar-refractivity contribution in [2.45, 2.75) is 46.5 Å². The molecule has 1 amide bonds. The van der Waals surface area contributed by atoms with E-state index in [1.165, 1.54) is 12.1 Å². The molecule has 0 unspecified atom stereocenters. The smallest absolute Gasteiger partial charge is 0.314 e. The summed E-state index contributed by atoms with van der Waals surface area (Å²) in [5, 5.41) is 25.5. The molecule has 10 nitrogen and oxygen atoms in total. The number of hydrogen-bond acceptors (Lipinski definition) is 8. The fourth-order valence-electron chi connectivity index (χ4n) is 5.17. The van der Waals surface area contributed by atoms with E-state index in [0.29, 0.717) is 61.6 Å². The number of nitrogens with one attached hydrogen (secondary N) is 1. The number of ether oxygens (including phenoxy) is 2. The van der Waals surface area contributed by atoms with Crippen molar-refractivity contribution in [3.63, 3.8) is 0 Å². The second kappa shape index (κ2) is 9.33. The highest BCUT2D eigenvalue weighted by molar-refractivity contribution is 6.05. The van der Waals surface area contributed by atoms with Crippen LogP contribution in [0, 0.1) is 15.5 Å². The highest BCUT2D eigenvalue weighted by Gasteiger charge is 2.44. The van der Waals surface area contributed by atoms with Crippen LogP contribution in [-0.4, -0.2) is 59.5 Å². The number of ketones is 1. The van der Waals surface area contributed by atoms with Gasteiger partial charge in [0.05, 0.1) is 24.7 Å². The molecule has 1 aromatic rings. The zero-order valence-electron chi connectivity index (χ0n) is 20.5. The van der Waals surface area contributed by atoms with Crippen LogP contribution >= 0.6 is 0 Å². The van der Waals surface area contributed by atoms with Crippen molar-refractivity contribution in [2.24, 2.45) is 5.41 Å². The molecule has 35 heavy (non-hydrogen) atoms. The van der Waals surface area contributed by atoms with Crippen LogP contribution in [0.15, 0.2) is 34.7 Å². The van der Waals surface area contributed by atoms with E-state index in [2.05, 4.69) is 5.32 Å². The lowest BCUT2D eigenvalue weighted by Gasteiger charge is -2.41. The van der Waals surface area contributed by atoms with Crippen LogP contribution in [0.4, 0.5) is 5.69 Å². The summed E-state index contributed by atoms with van der Waals surface area (Å²) in [4.78, 5) is 40.0. The Morgan fingerprint density at radius 1 is 1.31 bits per heavy atom. The Bertz CT molecular complexity index is 1150. The first kappa shape index (κ1) is 24.7. The van der Waals surface area contributed by atoms with E-state index in [1.54, 1.807) is 18.7 Å². The fourth-order valence-corrected chi connectivity index (χ4v) is 5.17. The summed E-state index contributed by atoms with van der Waals surface area (Å²) < 4.78 is 10.9. The van der Waals surface area contributed by atoms with Crippen molar-refractivity contribution in [3.05, 3.63) is 50.4 Å².